The molecule has 2 nitrogen and oxygen atoms in total. The fraction of sp³-hybridized carbons (Fsp3) is 0.333. The Hall–Kier alpha value is -1.61. The first-order valence-corrected chi connectivity index (χ1v) is 8.34. The normalized spacial score (nSPS) is 22.1. The SMILES string of the molecule is Oc1cccc(O)c1C1CCC(Sc2ccccc2)CC1. The van der Waals surface area contributed by atoms with Crippen LogP contribution in [0.15, 0.2) is 53.4 Å². The molecule has 2 aromatic rings. The van der Waals surface area contributed by atoms with Crippen LogP contribution in [0.3, 0.4) is 0 Å². The highest BCUT2D eigenvalue weighted by Gasteiger charge is 2.26. The number of aromatic hydroxyl groups is 2. The van der Waals surface area contributed by atoms with Gasteiger partial charge in [-0.05, 0) is 55.9 Å². The zero-order chi connectivity index (χ0) is 14.7. The molecule has 0 atom stereocenters. The lowest BCUT2D eigenvalue weighted by Gasteiger charge is -2.29. The zero-order valence-corrected chi connectivity index (χ0v) is 12.7. The van der Waals surface area contributed by atoms with Crippen molar-refractivity contribution in [3.8, 4) is 11.5 Å². The lowest BCUT2D eigenvalue weighted by atomic mass is 9.83. The minimum Gasteiger partial charge on any atom is -0.508 e. The first-order chi connectivity index (χ1) is 10.2. The lowest BCUT2D eigenvalue weighted by molar-refractivity contribution is 0.393. The van der Waals surface area contributed by atoms with Gasteiger partial charge in [-0.3, -0.25) is 0 Å². The summed E-state index contributed by atoms with van der Waals surface area (Å²) in [7, 11) is 0. The van der Waals surface area contributed by atoms with E-state index in [-0.39, 0.29) is 17.4 Å². The maximum atomic E-state index is 9.98. The Labute approximate surface area is 129 Å². The van der Waals surface area contributed by atoms with Gasteiger partial charge < -0.3 is 10.2 Å². The maximum absolute atomic E-state index is 9.98. The zero-order valence-electron chi connectivity index (χ0n) is 11.9. The summed E-state index contributed by atoms with van der Waals surface area (Å²) in [5.41, 5.74) is 0.737. The van der Waals surface area contributed by atoms with E-state index in [0.29, 0.717) is 5.25 Å². The van der Waals surface area contributed by atoms with Gasteiger partial charge in [0.2, 0.25) is 0 Å². The van der Waals surface area contributed by atoms with E-state index in [0.717, 1.165) is 31.2 Å². The van der Waals surface area contributed by atoms with Crippen LogP contribution in [-0.2, 0) is 0 Å². The highest BCUT2D eigenvalue weighted by Crippen LogP contribution is 2.44. The molecule has 0 unspecified atom stereocenters. The number of benzene rings is 2. The van der Waals surface area contributed by atoms with Gasteiger partial charge >= 0.3 is 0 Å². The summed E-state index contributed by atoms with van der Waals surface area (Å²) in [4.78, 5) is 1.33. The molecule has 1 aliphatic rings. The molecule has 0 aromatic heterocycles. The summed E-state index contributed by atoms with van der Waals surface area (Å²) in [6.07, 6.45) is 4.29. The second-order valence-electron chi connectivity index (χ2n) is 5.61. The van der Waals surface area contributed by atoms with E-state index < -0.39 is 0 Å². The molecular formula is C18H20O2S. The monoisotopic (exact) mass is 300 g/mol. The van der Waals surface area contributed by atoms with Crippen molar-refractivity contribution in [1.29, 1.82) is 0 Å². The highest BCUT2D eigenvalue weighted by molar-refractivity contribution is 8.00. The molecule has 2 aromatic carbocycles. The number of thioether (sulfide) groups is 1. The van der Waals surface area contributed by atoms with Gasteiger partial charge in [-0.15, -0.1) is 11.8 Å². The van der Waals surface area contributed by atoms with Crippen LogP contribution >= 0.6 is 11.8 Å². The van der Waals surface area contributed by atoms with Crippen molar-refractivity contribution in [2.45, 2.75) is 41.7 Å². The van der Waals surface area contributed by atoms with Crippen molar-refractivity contribution in [2.24, 2.45) is 0 Å². The van der Waals surface area contributed by atoms with Crippen LogP contribution < -0.4 is 0 Å². The Balaban J connectivity index is 1.63. The van der Waals surface area contributed by atoms with Crippen molar-refractivity contribution in [3.63, 3.8) is 0 Å². The van der Waals surface area contributed by atoms with E-state index in [1.54, 1.807) is 18.2 Å². The highest BCUT2D eigenvalue weighted by atomic mass is 32.2. The van der Waals surface area contributed by atoms with Crippen molar-refractivity contribution in [1.82, 2.24) is 0 Å². The maximum Gasteiger partial charge on any atom is 0.122 e. The van der Waals surface area contributed by atoms with Crippen LogP contribution in [-0.4, -0.2) is 15.5 Å². The van der Waals surface area contributed by atoms with E-state index in [1.165, 1.54) is 4.90 Å². The number of phenolic OH excluding ortho intramolecular Hbond substituents is 2. The Morgan fingerprint density at radius 2 is 1.38 bits per heavy atom. The van der Waals surface area contributed by atoms with E-state index in [1.807, 2.05) is 17.8 Å². The quantitative estimate of drug-likeness (QED) is 0.845. The minimum absolute atomic E-state index is 0.231. The molecular weight excluding hydrogens is 280 g/mol. The molecule has 1 saturated carbocycles. The van der Waals surface area contributed by atoms with Gasteiger partial charge in [0.05, 0.1) is 0 Å². The molecule has 0 heterocycles. The predicted octanol–water partition coefficient (Wildman–Crippen LogP) is 4.92. The van der Waals surface area contributed by atoms with Gasteiger partial charge in [-0.1, -0.05) is 24.3 Å². The first-order valence-electron chi connectivity index (χ1n) is 7.46. The van der Waals surface area contributed by atoms with Crippen molar-refractivity contribution in [2.75, 3.05) is 0 Å². The van der Waals surface area contributed by atoms with Gasteiger partial charge in [0.25, 0.3) is 0 Å². The molecule has 0 radical (unpaired) electrons. The molecule has 21 heavy (non-hydrogen) atoms. The van der Waals surface area contributed by atoms with Crippen LogP contribution in [0.25, 0.3) is 0 Å². The Bertz CT molecular complexity index is 569. The van der Waals surface area contributed by atoms with Crippen LogP contribution in [0.1, 0.15) is 37.2 Å². The largest absolute Gasteiger partial charge is 0.508 e. The van der Waals surface area contributed by atoms with Crippen LogP contribution in [0.4, 0.5) is 0 Å². The smallest absolute Gasteiger partial charge is 0.122 e. The second kappa shape index (κ2) is 6.44. The van der Waals surface area contributed by atoms with E-state index in [9.17, 15) is 10.2 Å². The summed E-state index contributed by atoms with van der Waals surface area (Å²) in [5.74, 6) is 0.738. The van der Waals surface area contributed by atoms with E-state index in [2.05, 4.69) is 24.3 Å². The number of rotatable bonds is 3. The van der Waals surface area contributed by atoms with Gasteiger partial charge in [-0.25, -0.2) is 0 Å². The van der Waals surface area contributed by atoms with Gasteiger partial charge in [-0.2, -0.15) is 0 Å². The third-order valence-corrected chi connectivity index (χ3v) is 5.54. The van der Waals surface area contributed by atoms with Crippen LogP contribution in [0.5, 0.6) is 11.5 Å². The second-order valence-corrected chi connectivity index (χ2v) is 6.99. The van der Waals surface area contributed by atoms with Crippen molar-refractivity contribution >= 4 is 11.8 Å². The molecule has 110 valence electrons. The molecule has 3 rings (SSSR count). The number of hydrogen-bond acceptors (Lipinski definition) is 3. The summed E-state index contributed by atoms with van der Waals surface area (Å²) < 4.78 is 0. The fourth-order valence-corrected chi connectivity index (χ4v) is 4.33. The summed E-state index contributed by atoms with van der Waals surface area (Å²) in [5, 5.41) is 20.6. The average molecular weight is 300 g/mol. The van der Waals surface area contributed by atoms with Gasteiger partial charge in [0, 0.05) is 15.7 Å². The number of phenols is 2. The average Bonchev–Trinajstić information content (AvgIpc) is 2.50. The molecule has 0 amide bonds. The van der Waals surface area contributed by atoms with Crippen molar-refractivity contribution in [3.05, 3.63) is 54.1 Å². The summed E-state index contributed by atoms with van der Waals surface area (Å²) >= 11 is 1.95. The fourth-order valence-electron chi connectivity index (χ4n) is 3.12. The van der Waals surface area contributed by atoms with E-state index >= 15 is 0 Å². The first kappa shape index (κ1) is 14.3. The lowest BCUT2D eigenvalue weighted by Crippen LogP contribution is -2.15. The number of hydrogen-bond donors (Lipinski definition) is 2. The Morgan fingerprint density at radius 3 is 2.00 bits per heavy atom. The molecule has 3 heteroatoms. The molecule has 1 aliphatic carbocycles. The Morgan fingerprint density at radius 1 is 0.762 bits per heavy atom. The minimum atomic E-state index is 0.231. The third-order valence-electron chi connectivity index (χ3n) is 4.19. The topological polar surface area (TPSA) is 40.5 Å². The molecule has 0 saturated heterocycles. The van der Waals surface area contributed by atoms with E-state index in [4.69, 9.17) is 0 Å². The van der Waals surface area contributed by atoms with Crippen LogP contribution in [0.2, 0.25) is 0 Å². The van der Waals surface area contributed by atoms with Gasteiger partial charge in [0.1, 0.15) is 11.5 Å². The predicted molar refractivity (Wildman–Crippen MR) is 87.1 cm³/mol. The molecule has 0 bridgehead atoms. The van der Waals surface area contributed by atoms with Crippen LogP contribution in [0, 0.1) is 0 Å². The molecule has 0 spiro atoms. The summed E-state index contributed by atoms with van der Waals surface area (Å²) in [6, 6.07) is 15.5. The van der Waals surface area contributed by atoms with Gasteiger partial charge in [0.15, 0.2) is 0 Å². The molecule has 2 N–H and O–H groups in total. The Kier molecular flexibility index (Phi) is 4.39. The third kappa shape index (κ3) is 3.35. The molecule has 1 fully saturated rings. The van der Waals surface area contributed by atoms with Crippen molar-refractivity contribution < 1.29 is 10.2 Å². The molecule has 0 aliphatic heterocycles. The summed E-state index contributed by atoms with van der Waals surface area (Å²) in [6.45, 7) is 0. The standard InChI is InChI=1S/C18H20O2S/c19-16-7-4-8-17(20)18(16)13-9-11-15(12-10-13)21-14-5-2-1-3-6-14/h1-8,13,15,19-20H,9-12H2.